The molecule has 1 amide bonds. The molecule has 0 spiro atoms. The van der Waals surface area contributed by atoms with Gasteiger partial charge in [-0.3, -0.25) is 4.79 Å². The van der Waals surface area contributed by atoms with Crippen molar-refractivity contribution in [1.29, 1.82) is 0 Å². The number of rotatable bonds is 9. The number of aromatic nitrogens is 1. The number of carboxylic acid groups (broad SMARTS) is 1. The number of benzene rings is 2. The molecule has 0 saturated heterocycles. The third-order valence-corrected chi connectivity index (χ3v) is 8.02. The van der Waals surface area contributed by atoms with E-state index >= 15 is 0 Å². The number of ether oxygens (including phenoxy) is 1. The fourth-order valence-corrected chi connectivity index (χ4v) is 5.58. The lowest BCUT2D eigenvalue weighted by molar-refractivity contribution is -0.118. The summed E-state index contributed by atoms with van der Waals surface area (Å²) in [7, 11) is -3.32. The third-order valence-electron chi connectivity index (χ3n) is 6.11. The molecule has 2 aromatic carbocycles. The van der Waals surface area contributed by atoms with Crippen LogP contribution in [0, 0.1) is 5.92 Å². The molecule has 1 aliphatic rings. The molecule has 0 bridgehead atoms. The van der Waals surface area contributed by atoms with Gasteiger partial charge in [-0.05, 0) is 54.3 Å². The van der Waals surface area contributed by atoms with E-state index < -0.39 is 21.7 Å². The Kier molecular flexibility index (Phi) is 7.51. The summed E-state index contributed by atoms with van der Waals surface area (Å²) in [5, 5.41) is 12.7. The van der Waals surface area contributed by atoms with Crippen LogP contribution in [0.15, 0.2) is 59.6 Å². The second-order valence-electron chi connectivity index (χ2n) is 8.69. The number of aromatic carboxylic acids is 1. The molecule has 1 saturated carbocycles. The summed E-state index contributed by atoms with van der Waals surface area (Å²) in [6, 6.07) is 12.5. The number of carbonyl (C=O) groups excluding carboxylic acids is 1. The van der Waals surface area contributed by atoms with Gasteiger partial charge >= 0.3 is 5.97 Å². The molecule has 1 aliphatic carbocycles. The Bertz CT molecular complexity index is 1290. The lowest BCUT2D eigenvalue weighted by atomic mass is 9.87. The summed E-state index contributed by atoms with van der Waals surface area (Å²) in [6.07, 6.45) is 7.84. The van der Waals surface area contributed by atoms with E-state index in [0.29, 0.717) is 28.3 Å². The molecule has 184 valence electrons. The molecule has 4 rings (SSSR count). The number of hydrogen-bond acceptors (Lipinski definition) is 7. The Labute approximate surface area is 207 Å². The second-order valence-corrected chi connectivity index (χ2v) is 11.7. The summed E-state index contributed by atoms with van der Waals surface area (Å²) in [4.78, 5) is 28.7. The zero-order valence-electron chi connectivity index (χ0n) is 19.1. The summed E-state index contributed by atoms with van der Waals surface area (Å²) in [6.45, 7) is 0. The highest BCUT2D eigenvalue weighted by atomic mass is 32.2. The molecule has 10 heteroatoms. The zero-order chi connectivity index (χ0) is 25.0. The Morgan fingerprint density at radius 2 is 1.77 bits per heavy atom. The number of sulfone groups is 1. The van der Waals surface area contributed by atoms with E-state index in [1.54, 1.807) is 36.4 Å². The van der Waals surface area contributed by atoms with E-state index in [4.69, 9.17) is 9.84 Å². The first-order chi connectivity index (χ1) is 16.7. The molecule has 0 unspecified atom stereocenters. The van der Waals surface area contributed by atoms with Gasteiger partial charge in [0.05, 0.1) is 22.6 Å². The highest BCUT2D eigenvalue weighted by Gasteiger charge is 2.27. The molecule has 1 atom stereocenters. The number of thiazole rings is 1. The fourth-order valence-electron chi connectivity index (χ4n) is 4.26. The lowest BCUT2D eigenvalue weighted by Gasteiger charge is -2.20. The largest absolute Gasteiger partial charge is 0.478 e. The number of nitrogens with zero attached hydrogens (tertiary/aromatic N) is 1. The maximum atomic E-state index is 13.3. The molecule has 1 fully saturated rings. The summed E-state index contributed by atoms with van der Waals surface area (Å²) < 4.78 is 29.4. The van der Waals surface area contributed by atoms with Crippen molar-refractivity contribution in [2.24, 2.45) is 5.92 Å². The molecular formula is C25H26N2O6S2. The Balaban J connectivity index is 1.47. The maximum Gasteiger partial charge on any atom is 0.335 e. The Morgan fingerprint density at radius 3 is 2.37 bits per heavy atom. The molecule has 8 nitrogen and oxygen atoms in total. The summed E-state index contributed by atoms with van der Waals surface area (Å²) in [5.41, 5.74) is 0.931. The minimum Gasteiger partial charge on any atom is -0.478 e. The minimum atomic E-state index is -3.32. The summed E-state index contributed by atoms with van der Waals surface area (Å²) >= 11 is 1.17. The van der Waals surface area contributed by atoms with E-state index in [2.05, 4.69) is 10.3 Å². The van der Waals surface area contributed by atoms with Gasteiger partial charge in [-0.15, -0.1) is 0 Å². The smallest absolute Gasteiger partial charge is 0.335 e. The van der Waals surface area contributed by atoms with Crippen molar-refractivity contribution >= 4 is 38.2 Å². The highest BCUT2D eigenvalue weighted by molar-refractivity contribution is 7.90. The van der Waals surface area contributed by atoms with Gasteiger partial charge in [-0.25, -0.2) is 18.2 Å². The van der Waals surface area contributed by atoms with Gasteiger partial charge in [0.15, 0.2) is 15.0 Å². The number of nitrogens with one attached hydrogen (secondary N) is 1. The monoisotopic (exact) mass is 514 g/mol. The van der Waals surface area contributed by atoms with E-state index in [-0.39, 0.29) is 16.4 Å². The molecule has 1 heterocycles. The average molecular weight is 515 g/mol. The van der Waals surface area contributed by atoms with Crippen LogP contribution in [0.5, 0.6) is 10.8 Å². The van der Waals surface area contributed by atoms with Gasteiger partial charge < -0.3 is 15.2 Å². The van der Waals surface area contributed by atoms with Crippen molar-refractivity contribution in [3.8, 4) is 10.8 Å². The summed E-state index contributed by atoms with van der Waals surface area (Å²) in [5.74, 6) is -0.734. The van der Waals surface area contributed by atoms with Crippen molar-refractivity contribution in [2.75, 3.05) is 11.6 Å². The van der Waals surface area contributed by atoms with Crippen molar-refractivity contribution in [3.63, 3.8) is 0 Å². The lowest BCUT2D eigenvalue weighted by Crippen LogP contribution is -2.23. The van der Waals surface area contributed by atoms with Gasteiger partial charge in [-0.1, -0.05) is 49.2 Å². The topological polar surface area (TPSA) is 123 Å². The van der Waals surface area contributed by atoms with Crippen LogP contribution >= 0.6 is 11.3 Å². The number of amides is 1. The van der Waals surface area contributed by atoms with E-state index in [1.807, 2.05) is 0 Å². The Hall–Kier alpha value is -3.24. The van der Waals surface area contributed by atoms with Crippen LogP contribution in [0.1, 0.15) is 53.9 Å². The van der Waals surface area contributed by atoms with Crippen molar-refractivity contribution in [3.05, 3.63) is 65.9 Å². The first-order valence-corrected chi connectivity index (χ1v) is 14.0. The molecule has 0 radical (unpaired) electrons. The van der Waals surface area contributed by atoms with E-state index in [9.17, 15) is 18.0 Å². The average Bonchev–Trinajstić information content (AvgIpc) is 3.49. The molecular weight excluding hydrogens is 488 g/mol. The van der Waals surface area contributed by atoms with E-state index in [0.717, 1.165) is 37.5 Å². The number of hydrogen-bond donors (Lipinski definition) is 2. The normalized spacial score (nSPS) is 15.0. The van der Waals surface area contributed by atoms with Crippen LogP contribution in [-0.4, -0.2) is 36.6 Å². The number of carbonyl (C=O) groups is 2. The predicted octanol–water partition coefficient (Wildman–Crippen LogP) is 5.34. The van der Waals surface area contributed by atoms with Gasteiger partial charge in [0.25, 0.3) is 0 Å². The Morgan fingerprint density at radius 1 is 1.11 bits per heavy atom. The molecule has 1 aromatic heterocycles. The minimum absolute atomic E-state index is 0.160. The van der Waals surface area contributed by atoms with E-state index in [1.165, 1.54) is 29.7 Å². The van der Waals surface area contributed by atoms with Crippen LogP contribution in [0.25, 0.3) is 0 Å². The second kappa shape index (κ2) is 10.6. The van der Waals surface area contributed by atoms with Crippen LogP contribution in [0.3, 0.4) is 0 Å². The molecule has 2 N–H and O–H groups in total. The molecule has 3 aromatic rings. The fraction of sp³-hybridized carbons (Fsp3) is 0.320. The highest BCUT2D eigenvalue weighted by Crippen LogP contribution is 2.36. The van der Waals surface area contributed by atoms with Crippen molar-refractivity contribution < 1.29 is 27.9 Å². The number of carboxylic acids is 1. The van der Waals surface area contributed by atoms with Gasteiger partial charge in [0.2, 0.25) is 11.0 Å². The SMILES string of the molecule is CS(=O)(=O)c1ccc([C@@H](CC2CCCC2)C(=O)Nc2ncc(Oc3ccc(C(=O)O)cc3)s2)cc1. The zero-order valence-corrected chi connectivity index (χ0v) is 20.8. The predicted molar refractivity (Wildman–Crippen MR) is 133 cm³/mol. The van der Waals surface area contributed by atoms with Crippen LogP contribution in [0.2, 0.25) is 0 Å². The van der Waals surface area contributed by atoms with Crippen LogP contribution in [-0.2, 0) is 14.6 Å². The van der Waals surface area contributed by atoms with Crippen molar-refractivity contribution in [1.82, 2.24) is 4.98 Å². The standard InChI is InChI=1S/C25H26N2O6S2/c1-35(31,32)20-12-8-17(9-13-20)21(14-16-4-2-3-5-16)23(28)27-25-26-15-22(34-25)33-19-10-6-18(7-11-19)24(29)30/h6-13,15-16,21H,2-5,14H2,1H3,(H,29,30)(H,26,27,28)/t21-/m1/s1. The first kappa shape index (κ1) is 24.9. The van der Waals surface area contributed by atoms with Gasteiger partial charge in [-0.2, -0.15) is 0 Å². The quantitative estimate of drug-likeness (QED) is 0.395. The molecule has 0 aliphatic heterocycles. The van der Waals surface area contributed by atoms with Crippen LogP contribution in [0.4, 0.5) is 5.13 Å². The maximum absolute atomic E-state index is 13.3. The van der Waals surface area contributed by atoms with Crippen molar-refractivity contribution in [2.45, 2.75) is 42.9 Å². The molecule has 35 heavy (non-hydrogen) atoms. The first-order valence-electron chi connectivity index (χ1n) is 11.3. The number of anilines is 1. The van der Waals surface area contributed by atoms with Gasteiger partial charge in [0, 0.05) is 6.26 Å². The third kappa shape index (κ3) is 6.46. The van der Waals surface area contributed by atoms with Crippen LogP contribution < -0.4 is 10.1 Å². The van der Waals surface area contributed by atoms with Gasteiger partial charge in [0.1, 0.15) is 5.75 Å².